The first kappa shape index (κ1) is 12.8. The van der Waals surface area contributed by atoms with Crippen LogP contribution in [0.4, 0.5) is 11.4 Å². The van der Waals surface area contributed by atoms with Gasteiger partial charge < -0.3 is 0 Å². The van der Waals surface area contributed by atoms with Gasteiger partial charge in [-0.1, -0.05) is 17.7 Å². The van der Waals surface area contributed by atoms with E-state index < -0.39 is 4.92 Å². The molecule has 0 spiro atoms. The highest BCUT2D eigenvalue weighted by atomic mass is 16.6. The molecule has 0 heterocycles. The van der Waals surface area contributed by atoms with Crippen molar-refractivity contribution in [2.75, 3.05) is 5.43 Å². The van der Waals surface area contributed by atoms with E-state index in [1.807, 2.05) is 31.2 Å². The van der Waals surface area contributed by atoms with Gasteiger partial charge in [0.15, 0.2) is 0 Å². The molecule has 0 aliphatic carbocycles. The summed E-state index contributed by atoms with van der Waals surface area (Å²) in [5, 5.41) is 14.6. The Balaban J connectivity index is 1.98. The molecule has 0 aromatic heterocycles. The molecular formula is C14H13N3O2. The van der Waals surface area contributed by atoms with E-state index in [0.717, 1.165) is 11.3 Å². The largest absolute Gasteiger partial charge is 0.279 e. The predicted octanol–water partition coefficient (Wildman–Crippen LogP) is 3.35. The molecule has 1 N–H and O–H groups in total. The van der Waals surface area contributed by atoms with Gasteiger partial charge in [-0.3, -0.25) is 15.5 Å². The zero-order valence-electron chi connectivity index (χ0n) is 10.4. The Hall–Kier alpha value is -2.69. The van der Waals surface area contributed by atoms with Gasteiger partial charge in [0.05, 0.1) is 16.8 Å². The topological polar surface area (TPSA) is 67.5 Å². The fourth-order valence-electron chi connectivity index (χ4n) is 1.49. The zero-order valence-corrected chi connectivity index (χ0v) is 10.4. The number of nitro groups is 1. The number of nitro benzene ring substituents is 1. The zero-order chi connectivity index (χ0) is 13.7. The maximum Gasteiger partial charge on any atom is 0.269 e. The Kier molecular flexibility index (Phi) is 3.87. The molecule has 2 rings (SSSR count). The lowest BCUT2D eigenvalue weighted by molar-refractivity contribution is -0.384. The summed E-state index contributed by atoms with van der Waals surface area (Å²) in [6.45, 7) is 2.02. The van der Waals surface area contributed by atoms with Crippen molar-refractivity contribution in [1.29, 1.82) is 0 Å². The molecule has 0 bridgehead atoms. The molecular weight excluding hydrogens is 242 g/mol. The Morgan fingerprint density at radius 3 is 2.32 bits per heavy atom. The van der Waals surface area contributed by atoms with E-state index in [2.05, 4.69) is 10.5 Å². The second-order valence-corrected chi connectivity index (χ2v) is 4.08. The third-order valence-corrected chi connectivity index (χ3v) is 2.56. The quantitative estimate of drug-likeness (QED) is 0.517. The Bertz CT molecular complexity index is 589. The van der Waals surface area contributed by atoms with Gasteiger partial charge in [-0.2, -0.15) is 5.10 Å². The maximum absolute atomic E-state index is 10.5. The number of hydrogen-bond acceptors (Lipinski definition) is 4. The smallest absolute Gasteiger partial charge is 0.269 e. The highest BCUT2D eigenvalue weighted by molar-refractivity contribution is 5.80. The molecule has 5 heteroatoms. The van der Waals surface area contributed by atoms with Crippen LogP contribution in [0.25, 0.3) is 0 Å². The number of anilines is 1. The van der Waals surface area contributed by atoms with Crippen LogP contribution in [0, 0.1) is 17.0 Å². The normalized spacial score (nSPS) is 10.6. The van der Waals surface area contributed by atoms with Crippen molar-refractivity contribution in [3.05, 3.63) is 69.8 Å². The van der Waals surface area contributed by atoms with Crippen LogP contribution in [0.3, 0.4) is 0 Å². The molecule has 5 nitrogen and oxygen atoms in total. The van der Waals surface area contributed by atoms with Crippen molar-refractivity contribution >= 4 is 17.6 Å². The van der Waals surface area contributed by atoms with Crippen molar-refractivity contribution in [2.45, 2.75) is 6.92 Å². The molecule has 0 amide bonds. The lowest BCUT2D eigenvalue weighted by atomic mass is 10.2. The van der Waals surface area contributed by atoms with Gasteiger partial charge in [0.2, 0.25) is 0 Å². The van der Waals surface area contributed by atoms with Crippen LogP contribution in [0.2, 0.25) is 0 Å². The van der Waals surface area contributed by atoms with Crippen molar-refractivity contribution in [2.24, 2.45) is 5.10 Å². The van der Waals surface area contributed by atoms with Gasteiger partial charge in [-0.15, -0.1) is 0 Å². The van der Waals surface area contributed by atoms with Crippen LogP contribution in [0.15, 0.2) is 53.6 Å². The second-order valence-electron chi connectivity index (χ2n) is 4.08. The first-order chi connectivity index (χ1) is 9.15. The molecule has 0 unspecified atom stereocenters. The molecule has 2 aromatic rings. The van der Waals surface area contributed by atoms with E-state index in [4.69, 9.17) is 0 Å². The lowest BCUT2D eigenvalue weighted by Crippen LogP contribution is -1.91. The molecule has 0 saturated heterocycles. The van der Waals surface area contributed by atoms with Crippen LogP contribution in [-0.4, -0.2) is 11.1 Å². The molecule has 0 atom stereocenters. The Morgan fingerprint density at radius 1 is 1.11 bits per heavy atom. The van der Waals surface area contributed by atoms with Crippen molar-refractivity contribution in [3.8, 4) is 0 Å². The van der Waals surface area contributed by atoms with E-state index in [1.165, 1.54) is 17.7 Å². The van der Waals surface area contributed by atoms with Crippen LogP contribution < -0.4 is 5.43 Å². The van der Waals surface area contributed by atoms with E-state index >= 15 is 0 Å². The lowest BCUT2D eigenvalue weighted by Gasteiger charge is -2.00. The number of hydrogen-bond donors (Lipinski definition) is 1. The first-order valence-electron chi connectivity index (χ1n) is 5.75. The average molecular weight is 255 g/mol. The molecule has 19 heavy (non-hydrogen) atoms. The van der Waals surface area contributed by atoms with Gasteiger partial charge >= 0.3 is 0 Å². The minimum absolute atomic E-state index is 0.0728. The molecule has 0 aliphatic rings. The highest BCUT2D eigenvalue weighted by Crippen LogP contribution is 2.11. The van der Waals surface area contributed by atoms with Crippen molar-refractivity contribution < 1.29 is 4.92 Å². The van der Waals surface area contributed by atoms with Gasteiger partial charge in [0.1, 0.15) is 0 Å². The van der Waals surface area contributed by atoms with E-state index in [-0.39, 0.29) is 5.69 Å². The third kappa shape index (κ3) is 3.64. The van der Waals surface area contributed by atoms with Gasteiger partial charge in [0, 0.05) is 12.1 Å². The fraction of sp³-hybridized carbons (Fsp3) is 0.0714. The molecule has 0 fully saturated rings. The standard InChI is InChI=1S/C14H13N3O2/c1-11-2-6-13(7-3-11)16-15-10-12-4-8-14(9-5-12)17(18)19/h2-10,16H,1H3/b15-10+. The maximum atomic E-state index is 10.5. The molecule has 0 saturated carbocycles. The van der Waals surface area contributed by atoms with Gasteiger partial charge in [-0.25, -0.2) is 0 Å². The summed E-state index contributed by atoms with van der Waals surface area (Å²) in [6, 6.07) is 14.1. The predicted molar refractivity (Wildman–Crippen MR) is 75.5 cm³/mol. The summed E-state index contributed by atoms with van der Waals surface area (Å²) in [6.07, 6.45) is 1.61. The fourth-order valence-corrected chi connectivity index (χ4v) is 1.49. The summed E-state index contributed by atoms with van der Waals surface area (Å²) in [5.41, 5.74) is 5.84. The second kappa shape index (κ2) is 5.77. The SMILES string of the molecule is Cc1ccc(N/N=C/c2ccc([N+](=O)[O-])cc2)cc1. The van der Waals surface area contributed by atoms with Crippen molar-refractivity contribution in [1.82, 2.24) is 0 Å². The van der Waals surface area contributed by atoms with E-state index in [9.17, 15) is 10.1 Å². The summed E-state index contributed by atoms with van der Waals surface area (Å²) < 4.78 is 0. The van der Waals surface area contributed by atoms with Crippen molar-refractivity contribution in [3.63, 3.8) is 0 Å². The van der Waals surface area contributed by atoms with Crippen LogP contribution in [0.5, 0.6) is 0 Å². The first-order valence-corrected chi connectivity index (χ1v) is 5.75. The van der Waals surface area contributed by atoms with E-state index in [1.54, 1.807) is 18.3 Å². The Morgan fingerprint density at radius 2 is 1.74 bits per heavy atom. The van der Waals surface area contributed by atoms with Crippen LogP contribution in [-0.2, 0) is 0 Å². The van der Waals surface area contributed by atoms with Crippen LogP contribution in [0.1, 0.15) is 11.1 Å². The summed E-state index contributed by atoms with van der Waals surface area (Å²) in [4.78, 5) is 10.1. The van der Waals surface area contributed by atoms with E-state index in [0.29, 0.717) is 0 Å². The molecule has 0 aliphatic heterocycles. The van der Waals surface area contributed by atoms with Crippen LogP contribution >= 0.6 is 0 Å². The summed E-state index contributed by atoms with van der Waals surface area (Å²) in [5.74, 6) is 0. The van der Waals surface area contributed by atoms with Gasteiger partial charge in [-0.05, 0) is 36.8 Å². The third-order valence-electron chi connectivity index (χ3n) is 2.56. The number of benzene rings is 2. The molecule has 2 aromatic carbocycles. The molecule has 0 radical (unpaired) electrons. The number of rotatable bonds is 4. The summed E-state index contributed by atoms with van der Waals surface area (Å²) in [7, 11) is 0. The van der Waals surface area contributed by atoms with Gasteiger partial charge in [0.25, 0.3) is 5.69 Å². The minimum Gasteiger partial charge on any atom is -0.279 e. The average Bonchev–Trinajstić information content (AvgIpc) is 2.41. The summed E-state index contributed by atoms with van der Waals surface area (Å²) >= 11 is 0. The number of nitrogens with one attached hydrogen (secondary N) is 1. The monoisotopic (exact) mass is 255 g/mol. The highest BCUT2D eigenvalue weighted by Gasteiger charge is 2.02. The number of hydrazone groups is 1. The number of non-ortho nitro benzene ring substituents is 1. The Labute approximate surface area is 110 Å². The minimum atomic E-state index is -0.425. The molecule has 96 valence electrons. The number of aryl methyl sites for hydroxylation is 1. The number of nitrogens with zero attached hydrogens (tertiary/aromatic N) is 2.